The van der Waals surface area contributed by atoms with Crippen molar-refractivity contribution in [2.75, 3.05) is 10.6 Å². The van der Waals surface area contributed by atoms with Crippen molar-refractivity contribution in [2.45, 2.75) is 305 Å². The SMILES string of the molecule is Cc1cccc(C)c1NCc1cc(C(C)(C)C)cc(C(C)(C)C)c1[O-].Cc1cccc(C)c1NCc1cc(C(C)(C)C)cc(C(C)(C)C)c1[O-].Cc1cccc(C)c1[N-]Cc1cc(C(C)(C)C)cc(C(C)(C)C)c1[O-].Cc1cccc(C)c1[N-]Cc1cc(C(C)(C)C)cc(C(C)(C)C)c1[O-].Cc1ccccc1.Cc1ccccc1.[Nd+3].[Nd+3]. The molecular formula is C106H142N4Nd2O4. The van der Waals surface area contributed by atoms with Gasteiger partial charge in [0.2, 0.25) is 0 Å². The van der Waals surface area contributed by atoms with Crippen LogP contribution in [0.2, 0.25) is 0 Å². The molecule has 2 N–H and O–H groups in total. The monoisotopic (exact) mass is 1820 g/mol. The fourth-order valence-electron chi connectivity index (χ4n) is 13.3. The minimum absolute atomic E-state index is 0. The largest absolute Gasteiger partial charge is 3.00 e. The van der Waals surface area contributed by atoms with Gasteiger partial charge in [0.1, 0.15) is 0 Å². The van der Waals surface area contributed by atoms with Gasteiger partial charge in [0.25, 0.3) is 0 Å². The van der Waals surface area contributed by atoms with E-state index in [9.17, 15) is 20.4 Å². The number of hydrogen-bond acceptors (Lipinski definition) is 6. The molecule has 0 aromatic heterocycles. The number of aryl methyl sites for hydroxylation is 10. The molecule has 0 atom stereocenters. The predicted octanol–water partition coefficient (Wildman–Crippen LogP) is 27.5. The first-order valence-corrected chi connectivity index (χ1v) is 40.9. The zero-order valence-corrected chi connectivity index (χ0v) is 84.1. The second-order valence-corrected chi connectivity index (χ2v) is 39.7. The van der Waals surface area contributed by atoms with Crippen LogP contribution in [0.1, 0.15) is 289 Å². The van der Waals surface area contributed by atoms with E-state index in [0.29, 0.717) is 26.2 Å². The Labute approximate surface area is 770 Å². The van der Waals surface area contributed by atoms with Gasteiger partial charge in [0.15, 0.2) is 0 Å². The molecule has 0 saturated carbocycles. The summed E-state index contributed by atoms with van der Waals surface area (Å²) in [7, 11) is 0. The van der Waals surface area contributed by atoms with Crippen LogP contribution < -0.4 is 31.1 Å². The van der Waals surface area contributed by atoms with Gasteiger partial charge in [-0.2, -0.15) is 0 Å². The summed E-state index contributed by atoms with van der Waals surface area (Å²) in [6.45, 7) is 74.3. The summed E-state index contributed by atoms with van der Waals surface area (Å²) < 4.78 is 0. The maximum atomic E-state index is 13.0. The number of nitrogens with zero attached hydrogens (tertiary/aromatic N) is 2. The number of anilines is 2. The van der Waals surface area contributed by atoms with Crippen LogP contribution in [0.3, 0.4) is 0 Å². The molecule has 0 aliphatic heterocycles. The molecule has 0 amide bonds. The molecule has 0 aliphatic rings. The fraction of sp³-hybridized carbons (Fsp3) is 0.434. The van der Waals surface area contributed by atoms with Crippen molar-refractivity contribution in [2.24, 2.45) is 0 Å². The zero-order chi connectivity index (χ0) is 86.2. The Morgan fingerprint density at radius 2 is 0.440 bits per heavy atom. The van der Waals surface area contributed by atoms with E-state index in [4.69, 9.17) is 10.6 Å². The van der Waals surface area contributed by atoms with Gasteiger partial charge < -0.3 is 41.7 Å². The van der Waals surface area contributed by atoms with E-state index in [2.05, 4.69) is 380 Å². The zero-order valence-electron chi connectivity index (χ0n) is 77.7. The first kappa shape index (κ1) is 103. The van der Waals surface area contributed by atoms with Gasteiger partial charge >= 0.3 is 81.7 Å². The maximum Gasteiger partial charge on any atom is 3.00 e. The summed E-state index contributed by atoms with van der Waals surface area (Å²) in [5, 5.41) is 68.7. The van der Waals surface area contributed by atoms with Crippen molar-refractivity contribution in [3.63, 3.8) is 0 Å². The normalized spacial score (nSPS) is 11.7. The van der Waals surface area contributed by atoms with Crippen LogP contribution in [0.15, 0.2) is 182 Å². The van der Waals surface area contributed by atoms with E-state index in [1.807, 2.05) is 48.5 Å². The van der Waals surface area contributed by atoms with Crippen molar-refractivity contribution in [1.29, 1.82) is 0 Å². The smallest absolute Gasteiger partial charge is 0.872 e. The standard InChI is InChI=1S/2C23H33NO.2C23H32NO.2C7H8.2Nd/c4*1-15-10-9-11-16(2)20(15)24-14-17-12-18(22(3,4)5)13-19(21(17)25)23(6,7)8;2*1-7-5-3-2-4-6-7;;/h2*9-13,24-25H,14H2,1-8H3;2*9-13,25H,14H2,1-8H3;2*2-6H,1H3;;/q;;2*-1;;;2*+3/p-4. The number of rotatable bonds is 12. The third-order valence-corrected chi connectivity index (χ3v) is 20.8. The van der Waals surface area contributed by atoms with Gasteiger partial charge in [-0.25, -0.2) is 0 Å². The van der Waals surface area contributed by atoms with Gasteiger partial charge in [0.05, 0.1) is 0 Å². The Morgan fingerprint density at radius 1 is 0.241 bits per heavy atom. The molecule has 10 heteroatoms. The first-order valence-electron chi connectivity index (χ1n) is 40.9. The van der Waals surface area contributed by atoms with E-state index in [-0.39, 0.29) is 148 Å². The van der Waals surface area contributed by atoms with Crippen molar-refractivity contribution >= 4 is 22.7 Å². The Hall–Kier alpha value is -6.70. The molecule has 8 nitrogen and oxygen atoms in total. The molecule has 0 spiro atoms. The van der Waals surface area contributed by atoms with Crippen molar-refractivity contribution in [3.05, 3.63) is 315 Å². The molecule has 618 valence electrons. The van der Waals surface area contributed by atoms with Crippen LogP contribution >= 0.6 is 0 Å². The van der Waals surface area contributed by atoms with Crippen LogP contribution in [0.4, 0.5) is 22.7 Å². The van der Waals surface area contributed by atoms with E-state index in [0.717, 1.165) is 89.5 Å². The summed E-state index contributed by atoms with van der Waals surface area (Å²) in [6.07, 6.45) is 0. The van der Waals surface area contributed by atoms with E-state index in [1.54, 1.807) is 0 Å². The topological polar surface area (TPSA) is 144 Å². The van der Waals surface area contributed by atoms with E-state index in [1.165, 1.54) is 55.6 Å². The van der Waals surface area contributed by atoms with Gasteiger partial charge in [-0.3, -0.25) is 0 Å². The molecule has 2 radical (unpaired) electrons. The summed E-state index contributed by atoms with van der Waals surface area (Å²) in [4.78, 5) is 0. The van der Waals surface area contributed by atoms with Crippen molar-refractivity contribution in [3.8, 4) is 23.0 Å². The van der Waals surface area contributed by atoms with E-state index < -0.39 is 0 Å². The number of para-hydroxylation sites is 4. The van der Waals surface area contributed by atoms with Crippen LogP contribution in [0.5, 0.6) is 23.0 Å². The number of nitrogens with one attached hydrogen (secondary N) is 2. The second kappa shape index (κ2) is 43.5. The number of benzene rings is 10. The maximum absolute atomic E-state index is 13.0. The average Bonchev–Trinajstić information content (AvgIpc) is 0.799. The van der Waals surface area contributed by atoms with Crippen LogP contribution in [0.25, 0.3) is 10.6 Å². The summed E-state index contributed by atoms with van der Waals surface area (Å²) in [5.41, 5.74) is 27.3. The van der Waals surface area contributed by atoms with Crippen LogP contribution in [-0.4, -0.2) is 0 Å². The molecular weight excluding hydrogens is 1680 g/mol. The number of hydrogen-bond donors (Lipinski definition) is 2. The third kappa shape index (κ3) is 31.1. The minimum Gasteiger partial charge on any atom is -0.872 e. The molecule has 0 bridgehead atoms. The van der Waals surface area contributed by atoms with Gasteiger partial charge in [-0.15, -0.1) is 47.5 Å². The van der Waals surface area contributed by atoms with Gasteiger partial charge in [0, 0.05) is 24.5 Å². The summed E-state index contributed by atoms with van der Waals surface area (Å²) in [6, 6.07) is 62.0. The molecule has 10 aromatic carbocycles. The Kier molecular flexibility index (Phi) is 38.8. The molecule has 0 aliphatic carbocycles. The Balaban J connectivity index is 0.000000375. The molecule has 0 heterocycles. The third-order valence-electron chi connectivity index (χ3n) is 20.8. The van der Waals surface area contributed by atoms with Crippen molar-refractivity contribution < 1.29 is 102 Å². The minimum atomic E-state index is -0.175. The molecule has 0 unspecified atom stereocenters. The predicted molar refractivity (Wildman–Crippen MR) is 487 cm³/mol. The Morgan fingerprint density at radius 3 is 0.629 bits per heavy atom. The Bertz CT molecular complexity index is 4140. The second-order valence-electron chi connectivity index (χ2n) is 39.7. The fourth-order valence-corrected chi connectivity index (χ4v) is 13.3. The first-order chi connectivity index (χ1) is 52.4. The molecule has 0 fully saturated rings. The van der Waals surface area contributed by atoms with Crippen LogP contribution in [0, 0.1) is 151 Å². The van der Waals surface area contributed by atoms with Crippen LogP contribution in [-0.2, 0) is 69.5 Å². The summed E-state index contributed by atoms with van der Waals surface area (Å²) in [5.74, 6) is 0.601. The molecule has 10 aromatic rings. The van der Waals surface area contributed by atoms with Crippen molar-refractivity contribution in [1.82, 2.24) is 0 Å². The summed E-state index contributed by atoms with van der Waals surface area (Å²) >= 11 is 0. The van der Waals surface area contributed by atoms with Gasteiger partial charge in [-0.1, -0.05) is 404 Å². The molecule has 0 saturated heterocycles. The quantitative estimate of drug-likeness (QED) is 0.125. The average molecular weight is 1820 g/mol. The molecule has 116 heavy (non-hydrogen) atoms. The van der Waals surface area contributed by atoms with Gasteiger partial charge in [-0.05, 0) is 179 Å². The van der Waals surface area contributed by atoms with E-state index >= 15 is 0 Å². The molecule has 10 rings (SSSR count).